The minimum absolute atomic E-state index is 0.00308. The predicted molar refractivity (Wildman–Crippen MR) is 102 cm³/mol. The third-order valence-corrected chi connectivity index (χ3v) is 4.94. The first-order chi connectivity index (χ1) is 14.5. The van der Waals surface area contributed by atoms with E-state index in [0.717, 1.165) is 12.1 Å². The lowest BCUT2D eigenvalue weighted by Crippen LogP contribution is -2.29. The number of nitrogens with one attached hydrogen (secondary N) is 3. The van der Waals surface area contributed by atoms with Gasteiger partial charge < -0.3 is 20.0 Å². The van der Waals surface area contributed by atoms with Crippen molar-refractivity contribution in [2.75, 3.05) is 11.9 Å². The van der Waals surface area contributed by atoms with Crippen LogP contribution in [0.3, 0.4) is 0 Å². The lowest BCUT2D eigenvalue weighted by molar-refractivity contribution is -0.119. The zero-order valence-corrected chi connectivity index (χ0v) is 15.3. The third kappa shape index (κ3) is 3.06. The number of nitrogens with zero attached hydrogens (tertiary/aromatic N) is 2. The van der Waals surface area contributed by atoms with E-state index in [-0.39, 0.29) is 34.3 Å². The molecule has 10 heteroatoms. The van der Waals surface area contributed by atoms with E-state index in [2.05, 4.69) is 25.8 Å². The van der Waals surface area contributed by atoms with E-state index >= 15 is 0 Å². The molecule has 1 amide bonds. The maximum Gasteiger partial charge on any atom is 0.316 e. The number of anilines is 1. The second-order valence-electron chi connectivity index (χ2n) is 6.88. The molecule has 0 unspecified atom stereocenters. The number of aromatic amines is 1. The quantitative estimate of drug-likeness (QED) is 0.475. The molecule has 0 saturated carbocycles. The van der Waals surface area contributed by atoms with Crippen molar-refractivity contribution in [3.63, 3.8) is 0 Å². The molecule has 7 nitrogen and oxygen atoms in total. The van der Waals surface area contributed by atoms with Crippen molar-refractivity contribution in [3.8, 4) is 22.7 Å². The van der Waals surface area contributed by atoms with Crippen LogP contribution in [-0.2, 0) is 4.79 Å². The standard InChI is InChI=1S/C20H14F3N5O2/c21-10-3-1-9(2-4-10)16-15(12-7-11(22)8-13(23)17(12)26-16)19-27-28-20(30-19)25-14-5-6-24-18(14)29/h1-4,7-8,14,26H,5-6H2,(H,24,29)(H,25,28)/t14-/m0/s1. The van der Waals surface area contributed by atoms with E-state index in [4.69, 9.17) is 4.42 Å². The smallest absolute Gasteiger partial charge is 0.316 e. The summed E-state index contributed by atoms with van der Waals surface area (Å²) in [7, 11) is 0. The minimum atomic E-state index is -0.792. The monoisotopic (exact) mass is 413 g/mol. The molecule has 1 saturated heterocycles. The maximum atomic E-state index is 14.4. The van der Waals surface area contributed by atoms with Gasteiger partial charge in [0.25, 0.3) is 5.89 Å². The number of carbonyl (C=O) groups is 1. The molecule has 30 heavy (non-hydrogen) atoms. The Hall–Kier alpha value is -3.82. The number of rotatable bonds is 4. The SMILES string of the molecule is O=C1NCC[C@@H]1Nc1nnc(-c2c(-c3ccc(F)cc3)[nH]c3c(F)cc(F)cc23)o1. The van der Waals surface area contributed by atoms with E-state index in [0.29, 0.717) is 24.2 Å². The highest BCUT2D eigenvalue weighted by molar-refractivity contribution is 6.02. The number of H-pyrrole nitrogens is 1. The second kappa shape index (κ2) is 6.90. The van der Waals surface area contributed by atoms with Crippen LogP contribution in [0, 0.1) is 17.5 Å². The molecular weight excluding hydrogens is 399 g/mol. The van der Waals surface area contributed by atoms with Crippen LogP contribution in [0.25, 0.3) is 33.6 Å². The van der Waals surface area contributed by atoms with Crippen LogP contribution in [0.15, 0.2) is 40.8 Å². The Labute approximate surface area is 167 Å². The lowest BCUT2D eigenvalue weighted by Gasteiger charge is -2.05. The molecule has 0 bridgehead atoms. The van der Waals surface area contributed by atoms with Crippen molar-refractivity contribution >= 4 is 22.8 Å². The fraction of sp³-hybridized carbons (Fsp3) is 0.150. The highest BCUT2D eigenvalue weighted by atomic mass is 19.1. The number of carbonyl (C=O) groups excluding carboxylic acids is 1. The molecular formula is C20H14F3N5O2. The van der Waals surface area contributed by atoms with E-state index in [1.807, 2.05) is 0 Å². The largest absolute Gasteiger partial charge is 0.403 e. The van der Waals surface area contributed by atoms with Gasteiger partial charge in [-0.05, 0) is 42.3 Å². The van der Waals surface area contributed by atoms with Crippen LogP contribution < -0.4 is 10.6 Å². The predicted octanol–water partition coefficient (Wildman–Crippen LogP) is 3.60. The molecule has 152 valence electrons. The summed E-state index contributed by atoms with van der Waals surface area (Å²) in [6, 6.07) is 6.90. The van der Waals surface area contributed by atoms with Crippen LogP contribution in [0.4, 0.5) is 19.2 Å². The number of halogens is 3. The van der Waals surface area contributed by atoms with Gasteiger partial charge in [0.2, 0.25) is 5.91 Å². The molecule has 1 aliphatic rings. The van der Waals surface area contributed by atoms with Crippen LogP contribution >= 0.6 is 0 Å². The first-order valence-corrected chi connectivity index (χ1v) is 9.14. The molecule has 0 spiro atoms. The average Bonchev–Trinajstić information content (AvgIpc) is 3.42. The Morgan fingerprint density at radius 1 is 1.07 bits per heavy atom. The topological polar surface area (TPSA) is 95.8 Å². The zero-order chi connectivity index (χ0) is 20.8. The third-order valence-electron chi connectivity index (χ3n) is 4.94. The van der Waals surface area contributed by atoms with E-state index < -0.39 is 23.5 Å². The van der Waals surface area contributed by atoms with Crippen molar-refractivity contribution < 1.29 is 22.4 Å². The maximum absolute atomic E-state index is 14.4. The number of fused-ring (bicyclic) bond motifs is 1. The fourth-order valence-electron chi connectivity index (χ4n) is 3.54. The molecule has 1 atom stereocenters. The minimum Gasteiger partial charge on any atom is -0.403 e. The van der Waals surface area contributed by atoms with Crippen LogP contribution in [-0.4, -0.2) is 33.7 Å². The first kappa shape index (κ1) is 18.2. The van der Waals surface area contributed by atoms with Crippen molar-refractivity contribution in [2.24, 2.45) is 0 Å². The normalized spacial score (nSPS) is 16.2. The van der Waals surface area contributed by atoms with Gasteiger partial charge in [-0.15, -0.1) is 5.10 Å². The highest BCUT2D eigenvalue weighted by Gasteiger charge is 2.27. The summed E-state index contributed by atoms with van der Waals surface area (Å²) in [5.74, 6) is -2.19. The molecule has 0 radical (unpaired) electrons. The second-order valence-corrected chi connectivity index (χ2v) is 6.88. The molecule has 0 aliphatic carbocycles. The average molecular weight is 413 g/mol. The molecule has 1 aliphatic heterocycles. The van der Waals surface area contributed by atoms with Gasteiger partial charge in [0, 0.05) is 18.0 Å². The van der Waals surface area contributed by atoms with Crippen molar-refractivity contribution in [3.05, 3.63) is 53.8 Å². The Kier molecular flexibility index (Phi) is 4.19. The number of hydrogen-bond acceptors (Lipinski definition) is 5. The van der Waals surface area contributed by atoms with Crippen LogP contribution in [0.2, 0.25) is 0 Å². The van der Waals surface area contributed by atoms with Gasteiger partial charge in [-0.3, -0.25) is 4.79 Å². The van der Waals surface area contributed by atoms with Gasteiger partial charge in [-0.2, -0.15) is 0 Å². The number of benzene rings is 2. The lowest BCUT2D eigenvalue weighted by atomic mass is 10.0. The van der Waals surface area contributed by atoms with E-state index in [1.54, 1.807) is 0 Å². The van der Waals surface area contributed by atoms with Crippen LogP contribution in [0.1, 0.15) is 6.42 Å². The van der Waals surface area contributed by atoms with Crippen LogP contribution in [0.5, 0.6) is 0 Å². The number of amides is 1. The molecule has 3 N–H and O–H groups in total. The number of aromatic nitrogens is 3. The molecule has 1 fully saturated rings. The van der Waals surface area contributed by atoms with Gasteiger partial charge in [0.1, 0.15) is 23.5 Å². The summed E-state index contributed by atoms with van der Waals surface area (Å²) >= 11 is 0. The van der Waals surface area contributed by atoms with Crippen molar-refractivity contribution in [1.82, 2.24) is 20.5 Å². The Morgan fingerprint density at radius 3 is 2.60 bits per heavy atom. The highest BCUT2D eigenvalue weighted by Crippen LogP contribution is 2.39. The Morgan fingerprint density at radius 2 is 1.87 bits per heavy atom. The van der Waals surface area contributed by atoms with Crippen molar-refractivity contribution in [2.45, 2.75) is 12.5 Å². The van der Waals surface area contributed by atoms with Crippen molar-refractivity contribution in [1.29, 1.82) is 0 Å². The first-order valence-electron chi connectivity index (χ1n) is 9.14. The summed E-state index contributed by atoms with van der Waals surface area (Å²) in [4.78, 5) is 14.7. The van der Waals surface area contributed by atoms with Gasteiger partial charge >= 0.3 is 6.01 Å². The Balaban J connectivity index is 1.65. The van der Waals surface area contributed by atoms with Gasteiger partial charge in [0.15, 0.2) is 0 Å². The summed E-state index contributed by atoms with van der Waals surface area (Å²) in [5, 5.41) is 13.6. The van der Waals surface area contributed by atoms with E-state index in [1.165, 1.54) is 24.3 Å². The summed E-state index contributed by atoms with van der Waals surface area (Å²) in [5.41, 5.74) is 1.20. The van der Waals surface area contributed by atoms with E-state index in [9.17, 15) is 18.0 Å². The van der Waals surface area contributed by atoms with Gasteiger partial charge in [-0.1, -0.05) is 5.10 Å². The Bertz CT molecular complexity index is 1270. The fourth-order valence-corrected chi connectivity index (χ4v) is 3.54. The molecule has 4 aromatic rings. The summed E-state index contributed by atoms with van der Waals surface area (Å²) < 4.78 is 47.4. The summed E-state index contributed by atoms with van der Waals surface area (Å²) in [6.07, 6.45) is 0.556. The van der Waals surface area contributed by atoms with Gasteiger partial charge in [-0.25, -0.2) is 13.2 Å². The molecule has 5 rings (SSSR count). The number of hydrogen-bond donors (Lipinski definition) is 3. The summed E-state index contributed by atoms with van der Waals surface area (Å²) in [6.45, 7) is 0.535. The van der Waals surface area contributed by atoms with Gasteiger partial charge in [0.05, 0.1) is 16.8 Å². The molecule has 2 aromatic heterocycles. The zero-order valence-electron chi connectivity index (χ0n) is 15.3. The molecule has 3 heterocycles. The molecule has 2 aromatic carbocycles.